The van der Waals surface area contributed by atoms with Crippen molar-refractivity contribution in [1.29, 1.82) is 0 Å². The second-order valence-electron chi connectivity index (χ2n) is 6.12. The Morgan fingerprint density at radius 1 is 0.769 bits per heavy atom. The maximum Gasteiger partial charge on any atom is 0.345 e. The minimum atomic E-state index is -0.372. The van der Waals surface area contributed by atoms with Gasteiger partial charge in [-0.3, -0.25) is 0 Å². The molecule has 26 heavy (non-hydrogen) atoms. The third kappa shape index (κ3) is 3.03. The Hall–Kier alpha value is -3.57. The summed E-state index contributed by atoms with van der Waals surface area (Å²) in [6.07, 6.45) is 0. The Balaban J connectivity index is 2.00. The van der Waals surface area contributed by atoms with Crippen LogP contribution in [0.3, 0.4) is 0 Å². The predicted octanol–water partition coefficient (Wildman–Crippen LogP) is 5.17. The summed E-state index contributed by atoms with van der Waals surface area (Å²) in [4.78, 5) is 12.7. The lowest BCUT2D eigenvalue weighted by Gasteiger charge is -2.07. The summed E-state index contributed by atoms with van der Waals surface area (Å²) in [6, 6.07) is 25.1. The van der Waals surface area contributed by atoms with Crippen LogP contribution in [0.15, 0.2) is 88.1 Å². The zero-order chi connectivity index (χ0) is 17.9. The largest absolute Gasteiger partial charge is 0.422 e. The fourth-order valence-corrected chi connectivity index (χ4v) is 2.92. The van der Waals surface area contributed by atoms with Crippen LogP contribution in [-0.2, 0) is 0 Å². The van der Waals surface area contributed by atoms with Crippen LogP contribution in [0.5, 0.6) is 0 Å². The lowest BCUT2D eigenvalue weighted by molar-refractivity contribution is 0.563. The van der Waals surface area contributed by atoms with Gasteiger partial charge in [-0.25, -0.2) is 4.79 Å². The highest BCUT2D eigenvalue weighted by molar-refractivity contribution is 5.90. The number of hydrogen-bond donors (Lipinski definition) is 0. The first-order chi connectivity index (χ1) is 12.7. The van der Waals surface area contributed by atoms with Crippen molar-refractivity contribution in [2.45, 2.75) is 6.92 Å². The van der Waals surface area contributed by atoms with Gasteiger partial charge in [-0.1, -0.05) is 72.0 Å². The molecule has 0 bridgehead atoms. The van der Waals surface area contributed by atoms with Crippen LogP contribution in [-0.4, -0.2) is 0 Å². The van der Waals surface area contributed by atoms with E-state index in [2.05, 4.69) is 11.8 Å². The summed E-state index contributed by atoms with van der Waals surface area (Å²) in [5, 5.41) is 0.838. The fourth-order valence-electron chi connectivity index (χ4n) is 2.92. The molecule has 0 aliphatic carbocycles. The van der Waals surface area contributed by atoms with E-state index in [-0.39, 0.29) is 5.63 Å². The Morgan fingerprint density at radius 2 is 1.46 bits per heavy atom. The van der Waals surface area contributed by atoms with E-state index < -0.39 is 0 Å². The van der Waals surface area contributed by atoms with Crippen LogP contribution in [0.1, 0.15) is 16.7 Å². The fraction of sp³-hybridized carbons (Fsp3) is 0.0417. The molecule has 0 aliphatic rings. The van der Waals surface area contributed by atoms with Gasteiger partial charge >= 0.3 is 5.63 Å². The second-order valence-corrected chi connectivity index (χ2v) is 6.12. The van der Waals surface area contributed by atoms with Gasteiger partial charge in [0.25, 0.3) is 0 Å². The summed E-state index contributed by atoms with van der Waals surface area (Å²) in [5.41, 5.74) is 4.28. The Morgan fingerprint density at radius 3 is 2.23 bits per heavy atom. The maximum absolute atomic E-state index is 12.7. The smallest absolute Gasteiger partial charge is 0.345 e. The van der Waals surface area contributed by atoms with Crippen molar-refractivity contribution >= 4 is 11.0 Å². The molecule has 0 atom stereocenters. The molecule has 4 aromatic rings. The number of aryl methyl sites for hydroxylation is 1. The maximum atomic E-state index is 12.7. The van der Waals surface area contributed by atoms with E-state index in [9.17, 15) is 4.79 Å². The number of benzene rings is 3. The standard InChI is InChI=1S/C24H16O2/c1-17-11-13-18(14-12-17)15-16-21-20-9-5-6-10-22(20)26-24(25)23(21)19-7-3-2-4-8-19/h2-14H,1H3. The summed E-state index contributed by atoms with van der Waals surface area (Å²) in [5.74, 6) is 6.41. The molecule has 0 aliphatic heterocycles. The first-order valence-corrected chi connectivity index (χ1v) is 8.42. The minimum Gasteiger partial charge on any atom is -0.422 e. The lowest BCUT2D eigenvalue weighted by Crippen LogP contribution is -2.06. The molecule has 1 heterocycles. The second kappa shape index (κ2) is 6.74. The van der Waals surface area contributed by atoms with Crippen molar-refractivity contribution in [2.75, 3.05) is 0 Å². The van der Waals surface area contributed by atoms with Crippen LogP contribution in [0, 0.1) is 18.8 Å². The molecule has 0 radical (unpaired) electrons. The first-order valence-electron chi connectivity index (χ1n) is 8.42. The molecule has 2 heteroatoms. The third-order valence-corrected chi connectivity index (χ3v) is 4.26. The quantitative estimate of drug-likeness (QED) is 0.355. The molecule has 0 unspecified atom stereocenters. The van der Waals surface area contributed by atoms with E-state index >= 15 is 0 Å². The summed E-state index contributed by atoms with van der Waals surface area (Å²) >= 11 is 0. The molecule has 0 saturated carbocycles. The molecule has 4 rings (SSSR count). The van der Waals surface area contributed by atoms with Gasteiger partial charge in [0.2, 0.25) is 0 Å². The molecule has 124 valence electrons. The van der Waals surface area contributed by atoms with Gasteiger partial charge in [0.05, 0.1) is 11.1 Å². The normalized spacial score (nSPS) is 10.3. The summed E-state index contributed by atoms with van der Waals surface area (Å²) in [6.45, 7) is 2.04. The zero-order valence-corrected chi connectivity index (χ0v) is 14.3. The van der Waals surface area contributed by atoms with Crippen LogP contribution >= 0.6 is 0 Å². The van der Waals surface area contributed by atoms with Crippen LogP contribution in [0.25, 0.3) is 22.1 Å². The molecule has 0 fully saturated rings. The van der Waals surface area contributed by atoms with Gasteiger partial charge in [0.1, 0.15) is 5.58 Å². The van der Waals surface area contributed by atoms with E-state index in [1.165, 1.54) is 5.56 Å². The average Bonchev–Trinajstić information content (AvgIpc) is 2.67. The molecular weight excluding hydrogens is 320 g/mol. The number of rotatable bonds is 1. The molecule has 0 amide bonds. The van der Waals surface area contributed by atoms with Crippen LogP contribution in [0.4, 0.5) is 0 Å². The van der Waals surface area contributed by atoms with Crippen molar-refractivity contribution in [3.8, 4) is 23.0 Å². The molecule has 3 aromatic carbocycles. The number of para-hydroxylation sites is 1. The zero-order valence-electron chi connectivity index (χ0n) is 14.3. The Labute approximate surface area is 151 Å². The van der Waals surface area contributed by atoms with E-state index in [0.29, 0.717) is 16.7 Å². The molecule has 0 spiro atoms. The van der Waals surface area contributed by atoms with Crippen LogP contribution in [0.2, 0.25) is 0 Å². The predicted molar refractivity (Wildman–Crippen MR) is 105 cm³/mol. The van der Waals surface area contributed by atoms with Crippen molar-refractivity contribution < 1.29 is 4.42 Å². The van der Waals surface area contributed by atoms with Crippen molar-refractivity contribution in [2.24, 2.45) is 0 Å². The summed E-state index contributed by atoms with van der Waals surface area (Å²) in [7, 11) is 0. The highest BCUT2D eigenvalue weighted by atomic mass is 16.4. The monoisotopic (exact) mass is 336 g/mol. The van der Waals surface area contributed by atoms with E-state index in [0.717, 1.165) is 16.5 Å². The van der Waals surface area contributed by atoms with Gasteiger partial charge in [0.15, 0.2) is 0 Å². The van der Waals surface area contributed by atoms with Crippen molar-refractivity contribution in [1.82, 2.24) is 0 Å². The average molecular weight is 336 g/mol. The van der Waals surface area contributed by atoms with Crippen molar-refractivity contribution in [3.05, 3.63) is 106 Å². The van der Waals surface area contributed by atoms with Gasteiger partial charge in [-0.05, 0) is 36.8 Å². The molecular formula is C24H16O2. The summed E-state index contributed by atoms with van der Waals surface area (Å²) < 4.78 is 5.53. The van der Waals surface area contributed by atoms with Gasteiger partial charge in [-0.15, -0.1) is 0 Å². The van der Waals surface area contributed by atoms with Gasteiger partial charge in [-0.2, -0.15) is 0 Å². The molecule has 2 nitrogen and oxygen atoms in total. The third-order valence-electron chi connectivity index (χ3n) is 4.26. The number of hydrogen-bond acceptors (Lipinski definition) is 2. The van der Waals surface area contributed by atoms with Crippen LogP contribution < -0.4 is 5.63 Å². The van der Waals surface area contributed by atoms with Gasteiger partial charge in [0, 0.05) is 10.9 Å². The highest BCUT2D eigenvalue weighted by Crippen LogP contribution is 2.26. The SMILES string of the molecule is Cc1ccc(C#Cc2c(-c3ccccc3)c(=O)oc3ccccc23)cc1. The minimum absolute atomic E-state index is 0.372. The number of fused-ring (bicyclic) bond motifs is 1. The Bertz CT molecular complexity index is 1190. The Kier molecular flexibility index (Phi) is 4.13. The molecule has 1 aromatic heterocycles. The van der Waals surface area contributed by atoms with E-state index in [1.54, 1.807) is 6.07 Å². The van der Waals surface area contributed by atoms with E-state index in [1.807, 2.05) is 79.7 Å². The molecule has 0 N–H and O–H groups in total. The first kappa shape index (κ1) is 15.9. The van der Waals surface area contributed by atoms with Crippen molar-refractivity contribution in [3.63, 3.8) is 0 Å². The molecule has 0 saturated heterocycles. The topological polar surface area (TPSA) is 30.2 Å². The highest BCUT2D eigenvalue weighted by Gasteiger charge is 2.14. The van der Waals surface area contributed by atoms with Gasteiger partial charge < -0.3 is 4.42 Å². The van der Waals surface area contributed by atoms with E-state index in [4.69, 9.17) is 4.42 Å². The lowest BCUT2D eigenvalue weighted by atomic mass is 9.98.